The molecule has 0 radical (unpaired) electrons. The fourth-order valence-corrected chi connectivity index (χ4v) is 2.66. The number of amides is 3. The first-order valence-electron chi connectivity index (χ1n) is 6.06. The first kappa shape index (κ1) is 11.7. The van der Waals surface area contributed by atoms with E-state index in [1.54, 1.807) is 29.2 Å². The maximum Gasteiger partial charge on any atom is 0.253 e. The Bertz CT molecular complexity index is 562. The van der Waals surface area contributed by atoms with Crippen molar-refractivity contribution in [3.05, 3.63) is 29.8 Å². The van der Waals surface area contributed by atoms with E-state index in [2.05, 4.69) is 5.32 Å². The monoisotopic (exact) mass is 259 g/mol. The molecule has 0 bridgehead atoms. The zero-order valence-corrected chi connectivity index (χ0v) is 10.1. The molecule has 0 aliphatic carbocycles. The number of nitrogens with two attached hydrogens (primary N) is 1. The molecule has 2 aliphatic heterocycles. The summed E-state index contributed by atoms with van der Waals surface area (Å²) in [6.45, 7) is 0.575. The molecule has 1 aromatic carbocycles. The number of nitrogens with one attached hydrogen (secondary N) is 1. The number of likely N-dealkylation sites (tertiary alicyclic amines) is 1. The number of nitrogens with zero attached hydrogens (tertiary/aromatic N) is 1. The Morgan fingerprint density at radius 2 is 1.84 bits per heavy atom. The van der Waals surface area contributed by atoms with Crippen molar-refractivity contribution in [2.75, 3.05) is 18.8 Å². The molecule has 3 amide bonds. The van der Waals surface area contributed by atoms with E-state index in [0.29, 0.717) is 11.3 Å². The van der Waals surface area contributed by atoms with Gasteiger partial charge in [0.25, 0.3) is 5.91 Å². The number of anilines is 1. The molecule has 2 heterocycles. The van der Waals surface area contributed by atoms with E-state index in [1.807, 2.05) is 0 Å². The quantitative estimate of drug-likeness (QED) is 0.531. The number of carbonyl (C=O) groups is 3. The van der Waals surface area contributed by atoms with Crippen LogP contribution in [0, 0.1) is 11.8 Å². The Morgan fingerprint density at radius 1 is 1.21 bits per heavy atom. The standard InChI is InChI=1S/C13H13N3O3/c14-8-3-1-2-7(4-8)13(19)16-5-9-10(6-16)12(18)15-11(9)17/h1-4,9-10H,5-6,14H2,(H,15,17,18)/t9-,10+. The molecule has 0 unspecified atom stereocenters. The van der Waals surface area contributed by atoms with Gasteiger partial charge in [0.1, 0.15) is 0 Å². The minimum Gasteiger partial charge on any atom is -0.399 e. The molecule has 3 N–H and O–H groups in total. The summed E-state index contributed by atoms with van der Waals surface area (Å²) in [6, 6.07) is 6.68. The van der Waals surface area contributed by atoms with Crippen molar-refractivity contribution in [3.63, 3.8) is 0 Å². The minimum absolute atomic E-state index is 0.192. The van der Waals surface area contributed by atoms with Gasteiger partial charge < -0.3 is 10.6 Å². The highest BCUT2D eigenvalue weighted by Crippen LogP contribution is 2.29. The van der Waals surface area contributed by atoms with Crippen molar-refractivity contribution < 1.29 is 14.4 Å². The number of fused-ring (bicyclic) bond motifs is 1. The second-order valence-electron chi connectivity index (χ2n) is 4.90. The predicted octanol–water partition coefficient (Wildman–Crippen LogP) is -0.387. The Hall–Kier alpha value is -2.37. The van der Waals surface area contributed by atoms with Gasteiger partial charge in [-0.3, -0.25) is 19.7 Å². The maximum absolute atomic E-state index is 12.3. The fourth-order valence-electron chi connectivity index (χ4n) is 2.66. The summed E-state index contributed by atoms with van der Waals surface area (Å²) in [7, 11) is 0. The maximum atomic E-state index is 12.3. The van der Waals surface area contributed by atoms with Crippen molar-refractivity contribution in [3.8, 4) is 0 Å². The van der Waals surface area contributed by atoms with E-state index < -0.39 is 11.8 Å². The number of nitrogen functional groups attached to an aromatic ring is 1. The number of carbonyl (C=O) groups excluding carboxylic acids is 3. The van der Waals surface area contributed by atoms with Crippen molar-refractivity contribution in [1.82, 2.24) is 10.2 Å². The topological polar surface area (TPSA) is 92.5 Å². The molecule has 2 aliphatic rings. The van der Waals surface area contributed by atoms with Gasteiger partial charge in [0.15, 0.2) is 0 Å². The molecule has 98 valence electrons. The SMILES string of the molecule is Nc1cccc(C(=O)N2C[C@@H]3C(=O)NC(=O)[C@@H]3C2)c1. The lowest BCUT2D eigenvalue weighted by molar-refractivity contribution is -0.126. The largest absolute Gasteiger partial charge is 0.399 e. The first-order valence-corrected chi connectivity index (χ1v) is 6.06. The van der Waals surface area contributed by atoms with Gasteiger partial charge in [0.05, 0.1) is 11.8 Å². The second-order valence-corrected chi connectivity index (χ2v) is 4.90. The van der Waals surface area contributed by atoms with Crippen LogP contribution in [-0.2, 0) is 9.59 Å². The predicted molar refractivity (Wildman–Crippen MR) is 66.9 cm³/mol. The Balaban J connectivity index is 1.80. The van der Waals surface area contributed by atoms with Gasteiger partial charge in [-0.2, -0.15) is 0 Å². The average molecular weight is 259 g/mol. The van der Waals surface area contributed by atoms with Gasteiger partial charge in [0.2, 0.25) is 11.8 Å². The first-order chi connectivity index (χ1) is 9.06. The third-order valence-electron chi connectivity index (χ3n) is 3.66. The van der Waals surface area contributed by atoms with Crippen molar-refractivity contribution in [2.24, 2.45) is 11.8 Å². The second kappa shape index (κ2) is 4.08. The molecule has 0 saturated carbocycles. The molecule has 19 heavy (non-hydrogen) atoms. The van der Waals surface area contributed by atoms with Crippen LogP contribution in [0.1, 0.15) is 10.4 Å². The Morgan fingerprint density at radius 3 is 2.42 bits per heavy atom. The molecule has 1 aromatic rings. The van der Waals surface area contributed by atoms with Gasteiger partial charge in [-0.05, 0) is 18.2 Å². The summed E-state index contributed by atoms with van der Waals surface area (Å²) in [5.74, 6) is -1.56. The number of hydrogen-bond acceptors (Lipinski definition) is 4. The molecule has 0 spiro atoms. The van der Waals surface area contributed by atoms with Crippen LogP contribution in [0.4, 0.5) is 5.69 Å². The van der Waals surface area contributed by atoms with Crippen molar-refractivity contribution in [2.45, 2.75) is 0 Å². The molecular weight excluding hydrogens is 246 g/mol. The van der Waals surface area contributed by atoms with Gasteiger partial charge in [0, 0.05) is 24.3 Å². The van der Waals surface area contributed by atoms with E-state index in [4.69, 9.17) is 5.73 Å². The van der Waals surface area contributed by atoms with Crippen LogP contribution in [0.5, 0.6) is 0 Å². The lowest BCUT2D eigenvalue weighted by atomic mass is 10.00. The van der Waals surface area contributed by atoms with Gasteiger partial charge >= 0.3 is 0 Å². The van der Waals surface area contributed by atoms with Crippen LogP contribution in [0.15, 0.2) is 24.3 Å². The summed E-state index contributed by atoms with van der Waals surface area (Å²) in [5, 5.41) is 2.29. The zero-order chi connectivity index (χ0) is 13.6. The molecule has 2 fully saturated rings. The van der Waals surface area contributed by atoms with Crippen LogP contribution in [0.25, 0.3) is 0 Å². The van der Waals surface area contributed by atoms with Crippen LogP contribution in [0.3, 0.4) is 0 Å². The summed E-state index contributed by atoms with van der Waals surface area (Å²) in [5.41, 5.74) is 6.63. The van der Waals surface area contributed by atoms with Crippen LogP contribution < -0.4 is 11.1 Å². The van der Waals surface area contributed by atoms with Crippen molar-refractivity contribution in [1.29, 1.82) is 0 Å². The van der Waals surface area contributed by atoms with E-state index in [1.165, 1.54) is 0 Å². The van der Waals surface area contributed by atoms with Crippen LogP contribution in [0.2, 0.25) is 0 Å². The van der Waals surface area contributed by atoms with Crippen LogP contribution >= 0.6 is 0 Å². The lowest BCUT2D eigenvalue weighted by Gasteiger charge is -2.17. The Labute approximate surface area is 109 Å². The van der Waals surface area contributed by atoms with Crippen LogP contribution in [-0.4, -0.2) is 35.7 Å². The summed E-state index contributed by atoms with van der Waals surface area (Å²) >= 11 is 0. The zero-order valence-electron chi connectivity index (χ0n) is 10.1. The van der Waals surface area contributed by atoms with E-state index in [0.717, 1.165) is 0 Å². The number of hydrogen-bond donors (Lipinski definition) is 2. The molecule has 2 saturated heterocycles. The third-order valence-corrected chi connectivity index (χ3v) is 3.66. The summed E-state index contributed by atoms with van der Waals surface area (Å²) in [4.78, 5) is 36.9. The molecule has 6 nitrogen and oxygen atoms in total. The molecular formula is C13H13N3O3. The number of imide groups is 1. The summed E-state index contributed by atoms with van der Waals surface area (Å²) in [6.07, 6.45) is 0. The van der Waals surface area contributed by atoms with Gasteiger partial charge in [-0.15, -0.1) is 0 Å². The highest BCUT2D eigenvalue weighted by molar-refractivity contribution is 6.07. The third kappa shape index (κ3) is 1.85. The molecule has 3 rings (SSSR count). The number of rotatable bonds is 1. The summed E-state index contributed by atoms with van der Waals surface area (Å²) < 4.78 is 0. The van der Waals surface area contributed by atoms with E-state index in [9.17, 15) is 14.4 Å². The highest BCUT2D eigenvalue weighted by Gasteiger charge is 2.48. The normalized spacial score (nSPS) is 25.4. The molecule has 6 heteroatoms. The van der Waals surface area contributed by atoms with Crippen molar-refractivity contribution >= 4 is 23.4 Å². The highest BCUT2D eigenvalue weighted by atomic mass is 16.2. The fraction of sp³-hybridized carbons (Fsp3) is 0.308. The van der Waals surface area contributed by atoms with Gasteiger partial charge in [-0.25, -0.2) is 0 Å². The van der Waals surface area contributed by atoms with Gasteiger partial charge in [-0.1, -0.05) is 6.07 Å². The smallest absolute Gasteiger partial charge is 0.253 e. The van der Waals surface area contributed by atoms with E-state index in [-0.39, 0.29) is 30.8 Å². The minimum atomic E-state index is -0.405. The number of benzene rings is 1. The molecule has 2 atom stereocenters. The van der Waals surface area contributed by atoms with E-state index >= 15 is 0 Å². The lowest BCUT2D eigenvalue weighted by Crippen LogP contribution is -2.35. The Kier molecular flexibility index (Phi) is 2.51. The molecule has 0 aromatic heterocycles. The average Bonchev–Trinajstić information content (AvgIpc) is 2.92.